The molecule has 59 heavy (non-hydrogen) atoms. The van der Waals surface area contributed by atoms with Crippen molar-refractivity contribution in [2.45, 2.75) is 134 Å². The molecule has 4 aliphatic rings. The van der Waals surface area contributed by atoms with E-state index in [-0.39, 0.29) is 43.1 Å². The highest BCUT2D eigenvalue weighted by atomic mass is 16.7. The van der Waals surface area contributed by atoms with Crippen molar-refractivity contribution < 1.29 is 43.5 Å². The summed E-state index contributed by atoms with van der Waals surface area (Å²) in [4.78, 5) is 67.0. The van der Waals surface area contributed by atoms with E-state index in [0.29, 0.717) is 43.2 Å². The van der Waals surface area contributed by atoms with E-state index < -0.39 is 78.5 Å². The van der Waals surface area contributed by atoms with Crippen LogP contribution in [0, 0.1) is 40.9 Å². The van der Waals surface area contributed by atoms with E-state index in [2.05, 4.69) is 71.0 Å². The number of nitrogens with one attached hydrogen (secondary N) is 5. The maximum Gasteiger partial charge on any atom is 0.481 e. The molecule has 0 aromatic heterocycles. The fraction of sp³-hybridized carbons (Fsp3) is 0.643. The lowest BCUT2D eigenvalue weighted by Gasteiger charge is -2.64. The number of aliphatic hydroxyl groups is 2. The molecular formula is C42H62BN7O9. The minimum Gasteiger partial charge on any atom is -0.404 e. The van der Waals surface area contributed by atoms with Gasteiger partial charge in [-0.1, -0.05) is 25.7 Å². The van der Waals surface area contributed by atoms with Crippen molar-refractivity contribution in [3.05, 3.63) is 35.4 Å². The first-order valence-corrected chi connectivity index (χ1v) is 20.6. The highest BCUT2D eigenvalue weighted by Crippen LogP contribution is 2.65. The first kappa shape index (κ1) is 47.2. The van der Waals surface area contributed by atoms with Gasteiger partial charge in [0.2, 0.25) is 23.6 Å². The van der Waals surface area contributed by atoms with Gasteiger partial charge in [0, 0.05) is 17.5 Å². The Kier molecular flexibility index (Phi) is 16.9. The van der Waals surface area contributed by atoms with Crippen LogP contribution in [0.3, 0.4) is 0 Å². The molecule has 322 valence electrons. The lowest BCUT2D eigenvalue weighted by Crippen LogP contribution is -2.65. The van der Waals surface area contributed by atoms with Gasteiger partial charge in [0.1, 0.15) is 24.2 Å². The molecule has 17 heteroatoms. The van der Waals surface area contributed by atoms with E-state index in [0.717, 1.165) is 12.8 Å². The Balaban J connectivity index is 1.33. The molecule has 1 aliphatic heterocycles. The zero-order valence-corrected chi connectivity index (χ0v) is 35.1. The van der Waals surface area contributed by atoms with Gasteiger partial charge in [-0.05, 0) is 133 Å². The first-order chi connectivity index (χ1) is 28.0. The van der Waals surface area contributed by atoms with Crippen LogP contribution in [0.5, 0.6) is 0 Å². The quantitative estimate of drug-likeness (QED) is 0.0495. The van der Waals surface area contributed by atoms with Crippen LogP contribution in [0.15, 0.2) is 24.3 Å². The highest BCUT2D eigenvalue weighted by Gasteiger charge is 2.68. The minimum atomic E-state index is -1.51. The number of hydrogen-bond donors (Lipinski definition) is 9. The summed E-state index contributed by atoms with van der Waals surface area (Å²) in [6.45, 7) is 11.5. The summed E-state index contributed by atoms with van der Waals surface area (Å²) >= 11 is 0. The summed E-state index contributed by atoms with van der Waals surface area (Å²) in [6.07, 6.45) is 2.34. The lowest BCUT2D eigenvalue weighted by molar-refractivity contribution is -0.199. The number of carbonyl (C=O) groups is 5. The Morgan fingerprint density at radius 3 is 2.15 bits per heavy atom. The molecule has 10 atom stereocenters. The smallest absolute Gasteiger partial charge is 0.404 e. The van der Waals surface area contributed by atoms with Crippen LogP contribution in [0.4, 0.5) is 0 Å². The van der Waals surface area contributed by atoms with Gasteiger partial charge in [0.25, 0.3) is 5.91 Å². The summed E-state index contributed by atoms with van der Waals surface area (Å²) in [5.41, 5.74) is 12.0. The molecule has 11 N–H and O–H groups in total. The predicted octanol–water partition coefficient (Wildman–Crippen LogP) is -0.373. The first-order valence-electron chi connectivity index (χ1n) is 20.6. The lowest BCUT2D eigenvalue weighted by atomic mass is 9.43. The SMILES string of the molecule is C[C@H](NC(=O)[C@H](CCCCN)NC(=O)[C@H](C)NC(=O)[C@@H](NC(=O)[C@H](CCN)NC(=O)c1ccc(C#CC#CCCO)cc1)[C@@H](C)O)B1O[C@@H]2C[C@@H]3C[C@@H](C3(C)C)[C@]2(C)O1. The average Bonchev–Trinajstić information content (AvgIpc) is 3.56. The number of aliphatic hydroxyl groups excluding tert-OH is 2. The average molecular weight is 820 g/mol. The van der Waals surface area contributed by atoms with Crippen molar-refractivity contribution >= 4 is 36.7 Å². The van der Waals surface area contributed by atoms with Gasteiger partial charge in [-0.3, -0.25) is 24.0 Å². The van der Waals surface area contributed by atoms with Crippen LogP contribution in [-0.2, 0) is 28.5 Å². The summed E-state index contributed by atoms with van der Waals surface area (Å²) in [5, 5.41) is 32.6. The molecule has 16 nitrogen and oxygen atoms in total. The molecular weight excluding hydrogens is 757 g/mol. The molecule has 0 unspecified atom stereocenters. The van der Waals surface area contributed by atoms with Crippen LogP contribution < -0.4 is 38.1 Å². The van der Waals surface area contributed by atoms with E-state index >= 15 is 0 Å². The Morgan fingerprint density at radius 2 is 1.53 bits per heavy atom. The van der Waals surface area contributed by atoms with Gasteiger partial charge >= 0.3 is 7.12 Å². The molecule has 0 spiro atoms. The van der Waals surface area contributed by atoms with Gasteiger partial charge in [0.05, 0.1) is 30.4 Å². The molecule has 1 heterocycles. The third kappa shape index (κ3) is 11.8. The number of nitrogens with two attached hydrogens (primary N) is 2. The number of amides is 5. The second-order valence-corrected chi connectivity index (χ2v) is 16.6. The highest BCUT2D eigenvalue weighted by molar-refractivity contribution is 6.47. The maximum absolute atomic E-state index is 13.6. The molecule has 3 aliphatic carbocycles. The van der Waals surface area contributed by atoms with Crippen LogP contribution >= 0.6 is 0 Å². The summed E-state index contributed by atoms with van der Waals surface area (Å²) < 4.78 is 12.9. The zero-order valence-electron chi connectivity index (χ0n) is 35.1. The Morgan fingerprint density at radius 1 is 0.847 bits per heavy atom. The van der Waals surface area contributed by atoms with Gasteiger partial charge in [-0.15, -0.1) is 0 Å². The standard InChI is InChI=1S/C42H62BN7O9/c1-25(36(53)48-31(14-10-11-20-44)38(55)47-27(3)43-58-34-24-30-23-33(41(30,4)5)42(34,6)59-43)46-40(57)35(26(2)52)50-39(56)32(19-21-45)49-37(54)29-17-15-28(16-18-29)13-9-7-8-12-22-51/h15-18,25-27,30-35,51-52H,10-12,14,19-24,44-45H2,1-6H3,(H,46,57)(H,47,55)(H,48,53)(H,49,54)(H,50,56)/t25-,26+,27-,30-,31-,32-,33-,34+,35-,42-/m0/s1. The van der Waals surface area contributed by atoms with Crippen LogP contribution in [-0.4, -0.2) is 114 Å². The number of unbranched alkanes of at least 4 members (excludes halogenated alkanes) is 1. The van der Waals surface area contributed by atoms with Gasteiger partial charge in [-0.2, -0.15) is 0 Å². The van der Waals surface area contributed by atoms with E-state index in [1.165, 1.54) is 26.0 Å². The number of hydrogen-bond acceptors (Lipinski definition) is 11. The number of rotatable bonds is 19. The Hall–Kier alpha value is -4.49. The van der Waals surface area contributed by atoms with Crippen LogP contribution in [0.25, 0.3) is 0 Å². The summed E-state index contributed by atoms with van der Waals surface area (Å²) in [5.74, 6) is 7.88. The third-order valence-electron chi connectivity index (χ3n) is 12.0. The fourth-order valence-electron chi connectivity index (χ4n) is 8.24. The molecule has 5 rings (SSSR count). The largest absolute Gasteiger partial charge is 0.481 e. The molecule has 0 radical (unpaired) electrons. The van der Waals surface area contributed by atoms with Crippen molar-refractivity contribution in [3.63, 3.8) is 0 Å². The molecule has 1 aromatic rings. The fourth-order valence-corrected chi connectivity index (χ4v) is 8.24. The molecule has 3 saturated carbocycles. The normalized spacial score (nSPS) is 24.0. The Bertz CT molecular complexity index is 1790. The molecule has 2 bridgehead atoms. The van der Waals surface area contributed by atoms with E-state index in [1.54, 1.807) is 12.1 Å². The van der Waals surface area contributed by atoms with Gasteiger partial charge < -0.3 is 57.6 Å². The van der Waals surface area contributed by atoms with Crippen molar-refractivity contribution in [2.75, 3.05) is 19.7 Å². The van der Waals surface area contributed by atoms with E-state index in [1.807, 2.05) is 6.92 Å². The monoisotopic (exact) mass is 819 g/mol. The van der Waals surface area contributed by atoms with E-state index in [4.69, 9.17) is 25.9 Å². The summed E-state index contributed by atoms with van der Waals surface area (Å²) in [6, 6.07) is 1.46. The van der Waals surface area contributed by atoms with E-state index in [9.17, 15) is 29.1 Å². The molecule has 4 fully saturated rings. The second kappa shape index (κ2) is 21.2. The molecule has 1 aromatic carbocycles. The van der Waals surface area contributed by atoms with Gasteiger partial charge in [-0.25, -0.2) is 0 Å². The summed E-state index contributed by atoms with van der Waals surface area (Å²) in [7, 11) is -0.658. The number of carbonyl (C=O) groups excluding carboxylic acids is 5. The van der Waals surface area contributed by atoms with Crippen molar-refractivity contribution in [1.82, 2.24) is 26.6 Å². The van der Waals surface area contributed by atoms with Crippen LogP contribution in [0.2, 0.25) is 0 Å². The van der Waals surface area contributed by atoms with Crippen molar-refractivity contribution in [1.29, 1.82) is 0 Å². The molecule has 1 saturated heterocycles. The third-order valence-corrected chi connectivity index (χ3v) is 12.0. The zero-order chi connectivity index (χ0) is 43.5. The topological polar surface area (TPSA) is 256 Å². The van der Waals surface area contributed by atoms with Crippen molar-refractivity contribution in [2.24, 2.45) is 28.7 Å². The minimum absolute atomic E-state index is 0.0187. The second-order valence-electron chi connectivity index (χ2n) is 16.6. The maximum atomic E-state index is 13.6. The number of benzene rings is 1. The van der Waals surface area contributed by atoms with Crippen LogP contribution in [0.1, 0.15) is 102 Å². The molecule has 5 amide bonds. The van der Waals surface area contributed by atoms with Crippen molar-refractivity contribution in [3.8, 4) is 23.7 Å². The Labute approximate surface area is 347 Å². The van der Waals surface area contributed by atoms with Gasteiger partial charge in [0.15, 0.2) is 0 Å². The predicted molar refractivity (Wildman–Crippen MR) is 221 cm³/mol.